The van der Waals surface area contributed by atoms with Crippen LogP contribution in [0.25, 0.3) is 0 Å². The zero-order chi connectivity index (χ0) is 18.5. The van der Waals surface area contributed by atoms with Crippen molar-refractivity contribution in [3.05, 3.63) is 71.5 Å². The Morgan fingerprint density at radius 1 is 0.889 bits per heavy atom. The minimum atomic E-state index is 0.679. The van der Waals surface area contributed by atoms with E-state index in [1.54, 1.807) is 6.33 Å². The molecule has 2 N–H and O–H groups in total. The maximum Gasteiger partial charge on any atom is 0.135 e. The summed E-state index contributed by atoms with van der Waals surface area (Å²) >= 11 is 5.92. The van der Waals surface area contributed by atoms with E-state index in [0.29, 0.717) is 6.54 Å². The highest BCUT2D eigenvalue weighted by Crippen LogP contribution is 2.24. The number of aromatic nitrogens is 2. The second-order valence-corrected chi connectivity index (χ2v) is 7.07. The van der Waals surface area contributed by atoms with Crippen LogP contribution in [0.2, 0.25) is 5.02 Å². The Labute approximate surface area is 164 Å². The molecule has 2 heterocycles. The lowest BCUT2D eigenvalue weighted by Crippen LogP contribution is -2.17. The Bertz CT molecular complexity index is 874. The first kappa shape index (κ1) is 17.6. The van der Waals surface area contributed by atoms with Crippen molar-refractivity contribution in [1.29, 1.82) is 0 Å². The lowest BCUT2D eigenvalue weighted by atomic mass is 10.2. The quantitative estimate of drug-likeness (QED) is 0.625. The molecule has 0 radical (unpaired) electrons. The molecule has 4 rings (SSSR count). The molecule has 1 aromatic heterocycles. The Kier molecular flexibility index (Phi) is 5.39. The Morgan fingerprint density at radius 2 is 1.59 bits per heavy atom. The standard InChI is InChI=1S/C21H22ClN5/c22-17-5-3-16(4-6-17)14-23-20-13-21(25-15-24-20)26-18-7-9-19(10-8-18)27-11-1-2-12-27/h3-10,13,15H,1-2,11-12,14H2,(H2,23,24,25,26). The third kappa shape index (κ3) is 4.68. The maximum atomic E-state index is 5.92. The number of halogens is 1. The topological polar surface area (TPSA) is 53.1 Å². The SMILES string of the molecule is Clc1ccc(CNc2cc(Nc3ccc(N4CCCC4)cc3)ncn2)cc1. The van der Waals surface area contributed by atoms with Gasteiger partial charge in [0.15, 0.2) is 0 Å². The fourth-order valence-electron chi connectivity index (χ4n) is 3.20. The van der Waals surface area contributed by atoms with Crippen LogP contribution in [0, 0.1) is 0 Å². The summed E-state index contributed by atoms with van der Waals surface area (Å²) < 4.78 is 0. The van der Waals surface area contributed by atoms with Crippen molar-refractivity contribution in [2.45, 2.75) is 19.4 Å². The van der Waals surface area contributed by atoms with E-state index in [1.807, 2.05) is 30.3 Å². The smallest absolute Gasteiger partial charge is 0.135 e. The van der Waals surface area contributed by atoms with Crippen LogP contribution in [0.15, 0.2) is 60.9 Å². The van der Waals surface area contributed by atoms with Gasteiger partial charge in [-0.25, -0.2) is 9.97 Å². The fraction of sp³-hybridized carbons (Fsp3) is 0.238. The van der Waals surface area contributed by atoms with Gasteiger partial charge in [-0.3, -0.25) is 0 Å². The Balaban J connectivity index is 1.37. The van der Waals surface area contributed by atoms with Crippen LogP contribution in [-0.4, -0.2) is 23.1 Å². The lowest BCUT2D eigenvalue weighted by molar-refractivity contribution is 0.949. The number of rotatable bonds is 6. The summed E-state index contributed by atoms with van der Waals surface area (Å²) in [7, 11) is 0. The molecule has 1 saturated heterocycles. The molecule has 5 nitrogen and oxygen atoms in total. The van der Waals surface area contributed by atoms with E-state index >= 15 is 0 Å². The molecule has 0 atom stereocenters. The Morgan fingerprint density at radius 3 is 2.33 bits per heavy atom. The van der Waals surface area contributed by atoms with Gasteiger partial charge in [0.05, 0.1) is 0 Å². The van der Waals surface area contributed by atoms with E-state index in [1.165, 1.54) is 18.5 Å². The predicted molar refractivity (Wildman–Crippen MR) is 112 cm³/mol. The average Bonchev–Trinajstić information content (AvgIpc) is 3.23. The van der Waals surface area contributed by atoms with Crippen LogP contribution in [-0.2, 0) is 6.54 Å². The van der Waals surface area contributed by atoms with Crippen molar-refractivity contribution < 1.29 is 0 Å². The molecule has 2 aromatic carbocycles. The number of nitrogens with one attached hydrogen (secondary N) is 2. The summed E-state index contributed by atoms with van der Waals surface area (Å²) in [5.74, 6) is 1.54. The zero-order valence-electron chi connectivity index (χ0n) is 15.0. The van der Waals surface area contributed by atoms with E-state index < -0.39 is 0 Å². The third-order valence-electron chi connectivity index (χ3n) is 4.66. The number of anilines is 4. The van der Waals surface area contributed by atoms with Crippen molar-refractivity contribution in [3.8, 4) is 0 Å². The highest BCUT2D eigenvalue weighted by Gasteiger charge is 2.11. The summed E-state index contributed by atoms with van der Waals surface area (Å²) in [5.41, 5.74) is 3.44. The fourth-order valence-corrected chi connectivity index (χ4v) is 3.32. The second kappa shape index (κ2) is 8.27. The molecule has 0 bridgehead atoms. The van der Waals surface area contributed by atoms with Crippen molar-refractivity contribution in [3.63, 3.8) is 0 Å². The van der Waals surface area contributed by atoms with Crippen LogP contribution in [0.4, 0.5) is 23.0 Å². The van der Waals surface area contributed by atoms with Crippen molar-refractivity contribution in [1.82, 2.24) is 9.97 Å². The first-order valence-electron chi connectivity index (χ1n) is 9.19. The molecule has 138 valence electrons. The number of nitrogens with zero attached hydrogens (tertiary/aromatic N) is 3. The van der Waals surface area contributed by atoms with Gasteiger partial charge in [0, 0.05) is 42.1 Å². The summed E-state index contributed by atoms with van der Waals surface area (Å²) in [6.45, 7) is 2.99. The van der Waals surface area contributed by atoms with E-state index in [0.717, 1.165) is 41.0 Å². The zero-order valence-corrected chi connectivity index (χ0v) is 15.8. The van der Waals surface area contributed by atoms with Crippen LogP contribution in [0.1, 0.15) is 18.4 Å². The number of hydrogen-bond donors (Lipinski definition) is 2. The van der Waals surface area contributed by atoms with Crippen LogP contribution >= 0.6 is 11.6 Å². The minimum Gasteiger partial charge on any atom is -0.372 e. The molecule has 1 aliphatic rings. The normalized spacial score (nSPS) is 13.6. The van der Waals surface area contributed by atoms with Gasteiger partial charge in [-0.1, -0.05) is 23.7 Å². The van der Waals surface area contributed by atoms with Gasteiger partial charge in [0.1, 0.15) is 18.0 Å². The highest BCUT2D eigenvalue weighted by molar-refractivity contribution is 6.30. The average molecular weight is 380 g/mol. The molecule has 6 heteroatoms. The maximum absolute atomic E-state index is 5.92. The minimum absolute atomic E-state index is 0.679. The van der Waals surface area contributed by atoms with Crippen LogP contribution in [0.3, 0.4) is 0 Å². The van der Waals surface area contributed by atoms with E-state index in [2.05, 4.69) is 49.8 Å². The molecule has 0 saturated carbocycles. The molecule has 0 amide bonds. The summed E-state index contributed by atoms with van der Waals surface area (Å²) in [6.07, 6.45) is 4.13. The highest BCUT2D eigenvalue weighted by atomic mass is 35.5. The molecular weight excluding hydrogens is 358 g/mol. The van der Waals surface area contributed by atoms with E-state index in [9.17, 15) is 0 Å². The van der Waals surface area contributed by atoms with Crippen molar-refractivity contribution >= 4 is 34.6 Å². The van der Waals surface area contributed by atoms with Gasteiger partial charge in [-0.05, 0) is 54.8 Å². The molecule has 0 unspecified atom stereocenters. The monoisotopic (exact) mass is 379 g/mol. The van der Waals surface area contributed by atoms with Gasteiger partial charge in [0.2, 0.25) is 0 Å². The molecule has 0 aliphatic carbocycles. The molecule has 1 fully saturated rings. The number of benzene rings is 2. The third-order valence-corrected chi connectivity index (χ3v) is 4.92. The van der Waals surface area contributed by atoms with Gasteiger partial charge in [0.25, 0.3) is 0 Å². The predicted octanol–water partition coefficient (Wildman–Crippen LogP) is 5.09. The lowest BCUT2D eigenvalue weighted by Gasteiger charge is -2.18. The second-order valence-electron chi connectivity index (χ2n) is 6.63. The summed E-state index contributed by atoms with van der Waals surface area (Å²) in [6, 6.07) is 18.2. The van der Waals surface area contributed by atoms with Gasteiger partial charge < -0.3 is 15.5 Å². The molecule has 1 aliphatic heterocycles. The molecule has 0 spiro atoms. The molecule has 3 aromatic rings. The first-order valence-corrected chi connectivity index (χ1v) is 9.56. The Hall–Kier alpha value is -2.79. The largest absolute Gasteiger partial charge is 0.372 e. The van der Waals surface area contributed by atoms with Crippen molar-refractivity contribution in [2.24, 2.45) is 0 Å². The summed E-state index contributed by atoms with van der Waals surface area (Å²) in [4.78, 5) is 11.0. The van der Waals surface area contributed by atoms with Crippen LogP contribution < -0.4 is 15.5 Å². The summed E-state index contributed by atoms with van der Waals surface area (Å²) in [5, 5.41) is 7.39. The van der Waals surface area contributed by atoms with Gasteiger partial charge in [-0.15, -0.1) is 0 Å². The van der Waals surface area contributed by atoms with Crippen molar-refractivity contribution in [2.75, 3.05) is 28.6 Å². The molecular formula is C21H22ClN5. The number of hydrogen-bond acceptors (Lipinski definition) is 5. The van der Waals surface area contributed by atoms with E-state index in [-0.39, 0.29) is 0 Å². The van der Waals surface area contributed by atoms with Crippen LogP contribution in [0.5, 0.6) is 0 Å². The molecule has 27 heavy (non-hydrogen) atoms. The van der Waals surface area contributed by atoms with E-state index in [4.69, 9.17) is 11.6 Å². The van der Waals surface area contributed by atoms with Gasteiger partial charge in [-0.2, -0.15) is 0 Å². The van der Waals surface area contributed by atoms with Gasteiger partial charge >= 0.3 is 0 Å². The first-order chi connectivity index (χ1) is 13.3.